The van der Waals surface area contributed by atoms with Gasteiger partial charge in [-0.2, -0.15) is 0 Å². The zero-order chi connectivity index (χ0) is 28.1. The number of amides is 1. The Kier molecular flexibility index (Phi) is 8.23. The number of carbonyl (C=O) groups is 1. The Labute approximate surface area is 228 Å². The molecular weight excluding hydrogens is 523 g/mol. The largest absolute Gasteiger partial charge is 0.490 e. The first-order valence-corrected chi connectivity index (χ1v) is 12.6. The van der Waals surface area contributed by atoms with Gasteiger partial charge >= 0.3 is 0 Å². The highest BCUT2D eigenvalue weighted by Crippen LogP contribution is 2.35. The van der Waals surface area contributed by atoms with E-state index >= 15 is 0 Å². The quantitative estimate of drug-likeness (QED) is 0.274. The molecule has 3 aromatic carbocycles. The molecule has 2 N–H and O–H groups in total. The van der Waals surface area contributed by atoms with Gasteiger partial charge in [0.1, 0.15) is 42.0 Å². The van der Waals surface area contributed by atoms with Gasteiger partial charge < -0.3 is 20.1 Å². The van der Waals surface area contributed by atoms with Crippen LogP contribution in [0.4, 0.5) is 30.4 Å². The standard InChI is InChI=1S/C29H26F3N5O3/c1-2-27(38)36-25-15-21-24(16-26(25)40-11-8-37-6-9-39-10-7-37)33-17-34-29(21)35-20-5-3-4-18(12-20)28-22(31)13-19(30)14-23(28)32/h2-5,12-17H,1,6-11H2,(H,36,38)(H,33,34,35). The van der Waals surface area contributed by atoms with Crippen LogP contribution in [0, 0.1) is 17.5 Å². The van der Waals surface area contributed by atoms with Gasteiger partial charge in [-0.1, -0.05) is 18.7 Å². The molecule has 0 unspecified atom stereocenters. The second-order valence-electron chi connectivity index (χ2n) is 9.03. The number of carbonyl (C=O) groups excluding carboxylic acids is 1. The van der Waals surface area contributed by atoms with E-state index in [0.29, 0.717) is 72.3 Å². The molecule has 11 heteroatoms. The molecule has 5 rings (SSSR count). The Morgan fingerprint density at radius 1 is 1.07 bits per heavy atom. The van der Waals surface area contributed by atoms with Crippen molar-refractivity contribution in [3.05, 3.63) is 85.0 Å². The molecular formula is C29H26F3N5O3. The van der Waals surface area contributed by atoms with E-state index in [0.717, 1.165) is 19.2 Å². The van der Waals surface area contributed by atoms with Gasteiger partial charge in [0.15, 0.2) is 0 Å². The van der Waals surface area contributed by atoms with E-state index in [9.17, 15) is 18.0 Å². The summed E-state index contributed by atoms with van der Waals surface area (Å²) in [5.74, 6) is -2.61. The number of nitrogens with one attached hydrogen (secondary N) is 2. The van der Waals surface area contributed by atoms with E-state index < -0.39 is 23.4 Å². The highest BCUT2D eigenvalue weighted by atomic mass is 19.1. The molecule has 0 spiro atoms. The first-order chi connectivity index (χ1) is 19.4. The van der Waals surface area contributed by atoms with Gasteiger partial charge in [-0.05, 0) is 29.8 Å². The average molecular weight is 550 g/mol. The number of anilines is 3. The summed E-state index contributed by atoms with van der Waals surface area (Å²) in [6, 6.07) is 11.0. The third-order valence-corrected chi connectivity index (χ3v) is 6.37. The maximum atomic E-state index is 14.4. The molecule has 4 aromatic rings. The molecule has 1 aromatic heterocycles. The minimum Gasteiger partial charge on any atom is -0.490 e. The maximum Gasteiger partial charge on any atom is 0.247 e. The third kappa shape index (κ3) is 6.22. The minimum atomic E-state index is -1.01. The summed E-state index contributed by atoms with van der Waals surface area (Å²) in [6.45, 7) is 7.61. The second kappa shape index (κ2) is 12.1. The molecule has 1 aliphatic rings. The van der Waals surface area contributed by atoms with Gasteiger partial charge in [-0.15, -0.1) is 0 Å². The van der Waals surface area contributed by atoms with Crippen LogP contribution in [-0.4, -0.2) is 60.2 Å². The van der Waals surface area contributed by atoms with Crippen LogP contribution in [0.2, 0.25) is 0 Å². The fraction of sp³-hybridized carbons (Fsp3) is 0.207. The van der Waals surface area contributed by atoms with Crippen molar-refractivity contribution >= 4 is 34.0 Å². The van der Waals surface area contributed by atoms with E-state index in [2.05, 4.69) is 32.1 Å². The number of rotatable bonds is 9. The Morgan fingerprint density at radius 2 is 1.85 bits per heavy atom. The number of aromatic nitrogens is 2. The van der Waals surface area contributed by atoms with Gasteiger partial charge in [0, 0.05) is 48.9 Å². The SMILES string of the molecule is C=CC(=O)Nc1cc2c(Nc3cccc(-c4c(F)cc(F)cc4F)c3)ncnc2cc1OCCN1CCOCC1. The van der Waals surface area contributed by atoms with Crippen LogP contribution >= 0.6 is 0 Å². The van der Waals surface area contributed by atoms with Crippen molar-refractivity contribution < 1.29 is 27.4 Å². The summed E-state index contributed by atoms with van der Waals surface area (Å²) >= 11 is 0. The summed E-state index contributed by atoms with van der Waals surface area (Å²) in [6.07, 6.45) is 2.52. The van der Waals surface area contributed by atoms with Gasteiger partial charge in [0.05, 0.1) is 30.0 Å². The van der Waals surface area contributed by atoms with Crippen LogP contribution in [0.3, 0.4) is 0 Å². The predicted octanol–water partition coefficient (Wildman–Crippen LogP) is 5.29. The first kappa shape index (κ1) is 27.1. The number of fused-ring (bicyclic) bond motifs is 1. The van der Waals surface area contributed by atoms with Crippen molar-refractivity contribution in [2.24, 2.45) is 0 Å². The lowest BCUT2D eigenvalue weighted by Crippen LogP contribution is -2.38. The van der Waals surface area contributed by atoms with E-state index in [-0.39, 0.29) is 11.1 Å². The molecule has 1 aliphatic heterocycles. The van der Waals surface area contributed by atoms with Crippen molar-refractivity contribution in [3.63, 3.8) is 0 Å². The van der Waals surface area contributed by atoms with Crippen LogP contribution in [0.25, 0.3) is 22.0 Å². The number of halogens is 3. The molecule has 0 aliphatic carbocycles. The van der Waals surface area contributed by atoms with Gasteiger partial charge in [0.25, 0.3) is 0 Å². The van der Waals surface area contributed by atoms with Crippen molar-refractivity contribution in [2.75, 3.05) is 50.1 Å². The number of morpholine rings is 1. The highest BCUT2D eigenvalue weighted by molar-refractivity contribution is 6.03. The van der Waals surface area contributed by atoms with E-state index in [4.69, 9.17) is 9.47 Å². The van der Waals surface area contributed by atoms with Crippen LogP contribution in [0.5, 0.6) is 5.75 Å². The molecule has 0 radical (unpaired) electrons. The lowest BCUT2D eigenvalue weighted by atomic mass is 10.0. The molecule has 40 heavy (non-hydrogen) atoms. The predicted molar refractivity (Wildman–Crippen MR) is 146 cm³/mol. The first-order valence-electron chi connectivity index (χ1n) is 12.6. The van der Waals surface area contributed by atoms with Crippen molar-refractivity contribution in [3.8, 4) is 16.9 Å². The zero-order valence-corrected chi connectivity index (χ0v) is 21.4. The molecule has 0 bridgehead atoms. The summed E-state index contributed by atoms with van der Waals surface area (Å²) < 4.78 is 53.6. The number of benzene rings is 3. The van der Waals surface area contributed by atoms with E-state index in [1.54, 1.807) is 24.3 Å². The molecule has 1 fully saturated rings. The van der Waals surface area contributed by atoms with E-state index in [1.807, 2.05) is 0 Å². The number of nitrogens with zero attached hydrogens (tertiary/aromatic N) is 3. The Balaban J connectivity index is 1.44. The minimum absolute atomic E-state index is 0.216. The third-order valence-electron chi connectivity index (χ3n) is 6.37. The molecule has 206 valence electrons. The Hall–Kier alpha value is -4.48. The molecule has 0 saturated carbocycles. The zero-order valence-electron chi connectivity index (χ0n) is 21.4. The fourth-order valence-electron chi connectivity index (χ4n) is 4.40. The molecule has 8 nitrogen and oxygen atoms in total. The van der Waals surface area contributed by atoms with Crippen LogP contribution in [-0.2, 0) is 9.53 Å². The number of hydrogen-bond donors (Lipinski definition) is 2. The van der Waals surface area contributed by atoms with Crippen LogP contribution in [0.1, 0.15) is 0 Å². The Bertz CT molecular complexity index is 1540. The summed E-state index contributed by atoms with van der Waals surface area (Å²) in [5.41, 5.74) is 1.30. The smallest absolute Gasteiger partial charge is 0.247 e. The summed E-state index contributed by atoms with van der Waals surface area (Å²) in [4.78, 5) is 23.1. The monoisotopic (exact) mass is 549 g/mol. The van der Waals surface area contributed by atoms with Crippen molar-refractivity contribution in [2.45, 2.75) is 0 Å². The van der Waals surface area contributed by atoms with Gasteiger partial charge in [-0.3, -0.25) is 9.69 Å². The molecule has 1 saturated heterocycles. The summed E-state index contributed by atoms with van der Waals surface area (Å²) in [7, 11) is 0. The number of ether oxygens (including phenoxy) is 2. The average Bonchev–Trinajstić information content (AvgIpc) is 2.94. The normalized spacial score (nSPS) is 13.7. The Morgan fingerprint density at radius 3 is 2.60 bits per heavy atom. The lowest BCUT2D eigenvalue weighted by molar-refractivity contribution is -0.111. The van der Waals surface area contributed by atoms with Crippen LogP contribution < -0.4 is 15.4 Å². The number of hydrogen-bond acceptors (Lipinski definition) is 7. The topological polar surface area (TPSA) is 88.6 Å². The van der Waals surface area contributed by atoms with Gasteiger partial charge in [0.2, 0.25) is 5.91 Å². The van der Waals surface area contributed by atoms with Gasteiger partial charge in [-0.25, -0.2) is 23.1 Å². The maximum absolute atomic E-state index is 14.4. The molecule has 0 atom stereocenters. The van der Waals surface area contributed by atoms with Crippen LogP contribution in [0.15, 0.2) is 67.5 Å². The van der Waals surface area contributed by atoms with Crippen molar-refractivity contribution in [1.82, 2.24) is 14.9 Å². The highest BCUT2D eigenvalue weighted by Gasteiger charge is 2.17. The molecule has 1 amide bonds. The fourth-order valence-corrected chi connectivity index (χ4v) is 4.40. The van der Waals surface area contributed by atoms with E-state index in [1.165, 1.54) is 18.5 Å². The summed E-state index contributed by atoms with van der Waals surface area (Å²) in [5, 5.41) is 6.47. The lowest BCUT2D eigenvalue weighted by Gasteiger charge is -2.26. The van der Waals surface area contributed by atoms with Crippen molar-refractivity contribution in [1.29, 1.82) is 0 Å². The molecule has 2 heterocycles. The second-order valence-corrected chi connectivity index (χ2v) is 9.03.